The van der Waals surface area contributed by atoms with Crippen molar-refractivity contribution in [2.24, 2.45) is 0 Å². The second-order valence-corrected chi connectivity index (χ2v) is 6.27. The molecule has 1 amide bonds. The Morgan fingerprint density at radius 1 is 1.17 bits per heavy atom. The zero-order chi connectivity index (χ0) is 16.2. The molecule has 0 spiro atoms. The number of carbonyl (C=O) groups excluding carboxylic acids is 1. The van der Waals surface area contributed by atoms with Gasteiger partial charge in [0.15, 0.2) is 0 Å². The number of amides is 1. The summed E-state index contributed by atoms with van der Waals surface area (Å²) in [7, 11) is 0. The van der Waals surface area contributed by atoms with Crippen molar-refractivity contribution in [3.05, 3.63) is 59.2 Å². The second kappa shape index (κ2) is 6.86. The molecule has 1 N–H and O–H groups in total. The fourth-order valence-corrected chi connectivity index (χ4v) is 3.24. The number of carbonyl (C=O) groups is 1. The Morgan fingerprint density at radius 3 is 2.83 bits per heavy atom. The molecule has 1 aliphatic rings. The first-order valence-electron chi connectivity index (χ1n) is 8.34. The van der Waals surface area contributed by atoms with Crippen LogP contribution in [0.5, 0.6) is 0 Å². The first-order chi connectivity index (χ1) is 11.1. The summed E-state index contributed by atoms with van der Waals surface area (Å²) >= 11 is 0. The first-order valence-corrected chi connectivity index (χ1v) is 8.34. The summed E-state index contributed by atoms with van der Waals surface area (Å²) in [5.41, 5.74) is 5.97. The zero-order valence-corrected chi connectivity index (χ0v) is 13.9. The number of nitrogens with one attached hydrogen (secondary N) is 1. The van der Waals surface area contributed by atoms with Gasteiger partial charge in [-0.05, 0) is 49.9 Å². The van der Waals surface area contributed by atoms with Gasteiger partial charge in [0.25, 0.3) is 0 Å². The van der Waals surface area contributed by atoms with Gasteiger partial charge < -0.3 is 10.2 Å². The summed E-state index contributed by atoms with van der Waals surface area (Å²) in [4.78, 5) is 14.5. The van der Waals surface area contributed by atoms with E-state index in [9.17, 15) is 4.79 Å². The van der Waals surface area contributed by atoms with E-state index in [0.29, 0.717) is 13.0 Å². The third kappa shape index (κ3) is 3.55. The minimum Gasteiger partial charge on any atom is -0.384 e. The number of rotatable bonds is 4. The predicted molar refractivity (Wildman–Crippen MR) is 96.1 cm³/mol. The number of aryl methyl sites for hydroxylation is 3. The van der Waals surface area contributed by atoms with E-state index in [0.717, 1.165) is 30.8 Å². The SMILES string of the molecule is Cc1ccc(NCCC(=O)N2CCCc3ccccc32)c(C)c1. The van der Waals surface area contributed by atoms with Gasteiger partial charge in [-0.25, -0.2) is 0 Å². The molecule has 2 aromatic carbocycles. The lowest BCUT2D eigenvalue weighted by atomic mass is 10.0. The molecule has 1 heterocycles. The molecule has 0 bridgehead atoms. The van der Waals surface area contributed by atoms with Gasteiger partial charge in [0.2, 0.25) is 5.91 Å². The van der Waals surface area contributed by atoms with Crippen molar-refractivity contribution in [3.8, 4) is 0 Å². The monoisotopic (exact) mass is 308 g/mol. The molecule has 3 heteroatoms. The maximum absolute atomic E-state index is 12.6. The van der Waals surface area contributed by atoms with Crippen LogP contribution in [0.3, 0.4) is 0 Å². The number of anilines is 2. The molecule has 3 nitrogen and oxygen atoms in total. The van der Waals surface area contributed by atoms with Crippen molar-refractivity contribution in [2.45, 2.75) is 33.1 Å². The van der Waals surface area contributed by atoms with Crippen LogP contribution in [0, 0.1) is 13.8 Å². The molecule has 0 aromatic heterocycles. The van der Waals surface area contributed by atoms with Crippen molar-refractivity contribution < 1.29 is 4.79 Å². The average molecular weight is 308 g/mol. The topological polar surface area (TPSA) is 32.3 Å². The molecule has 0 unspecified atom stereocenters. The Kier molecular flexibility index (Phi) is 4.65. The predicted octanol–water partition coefficient (Wildman–Crippen LogP) is 4.08. The fraction of sp³-hybridized carbons (Fsp3) is 0.350. The van der Waals surface area contributed by atoms with E-state index in [1.165, 1.54) is 16.7 Å². The Balaban J connectivity index is 1.60. The van der Waals surface area contributed by atoms with Crippen molar-refractivity contribution in [2.75, 3.05) is 23.3 Å². The Bertz CT molecular complexity index is 709. The van der Waals surface area contributed by atoms with E-state index < -0.39 is 0 Å². The maximum Gasteiger partial charge on any atom is 0.228 e. The summed E-state index contributed by atoms with van der Waals surface area (Å²) in [5.74, 6) is 0.203. The lowest BCUT2D eigenvalue weighted by Gasteiger charge is -2.29. The number of para-hydroxylation sites is 1. The van der Waals surface area contributed by atoms with Crippen LogP contribution in [-0.4, -0.2) is 19.0 Å². The van der Waals surface area contributed by atoms with E-state index in [-0.39, 0.29) is 5.91 Å². The van der Waals surface area contributed by atoms with Crippen LogP contribution in [0.15, 0.2) is 42.5 Å². The molecular weight excluding hydrogens is 284 g/mol. The van der Waals surface area contributed by atoms with Crippen LogP contribution in [0.2, 0.25) is 0 Å². The van der Waals surface area contributed by atoms with Crippen LogP contribution in [0.1, 0.15) is 29.5 Å². The molecule has 1 aliphatic heterocycles. The highest BCUT2D eigenvalue weighted by Gasteiger charge is 2.21. The first kappa shape index (κ1) is 15.6. The number of hydrogen-bond donors (Lipinski definition) is 1. The highest BCUT2D eigenvalue weighted by molar-refractivity contribution is 5.94. The average Bonchev–Trinajstić information content (AvgIpc) is 2.56. The number of benzene rings is 2. The molecule has 23 heavy (non-hydrogen) atoms. The highest BCUT2D eigenvalue weighted by atomic mass is 16.2. The van der Waals surface area contributed by atoms with E-state index in [2.05, 4.69) is 55.6 Å². The van der Waals surface area contributed by atoms with Crippen molar-refractivity contribution in [3.63, 3.8) is 0 Å². The zero-order valence-electron chi connectivity index (χ0n) is 13.9. The quantitative estimate of drug-likeness (QED) is 0.923. The van der Waals surface area contributed by atoms with Gasteiger partial charge in [0, 0.05) is 30.9 Å². The summed E-state index contributed by atoms with van der Waals surface area (Å²) in [6.45, 7) is 5.69. The van der Waals surface area contributed by atoms with Gasteiger partial charge in [0.1, 0.15) is 0 Å². The van der Waals surface area contributed by atoms with Crippen LogP contribution in [0.25, 0.3) is 0 Å². The van der Waals surface area contributed by atoms with Crippen LogP contribution >= 0.6 is 0 Å². The normalized spacial score (nSPS) is 13.6. The minimum atomic E-state index is 0.203. The molecule has 0 saturated heterocycles. The van der Waals surface area contributed by atoms with Crippen LogP contribution < -0.4 is 10.2 Å². The molecule has 0 aliphatic carbocycles. The van der Waals surface area contributed by atoms with E-state index in [4.69, 9.17) is 0 Å². The maximum atomic E-state index is 12.6. The molecular formula is C20H24N2O. The van der Waals surface area contributed by atoms with Gasteiger partial charge in [-0.15, -0.1) is 0 Å². The summed E-state index contributed by atoms with van der Waals surface area (Å²) in [6, 6.07) is 14.6. The van der Waals surface area contributed by atoms with Gasteiger partial charge in [-0.1, -0.05) is 35.9 Å². The lowest BCUT2D eigenvalue weighted by Crippen LogP contribution is -2.36. The molecule has 0 atom stereocenters. The van der Waals surface area contributed by atoms with E-state index in [1.807, 2.05) is 11.0 Å². The Hall–Kier alpha value is -2.29. The third-order valence-electron chi connectivity index (χ3n) is 4.45. The van der Waals surface area contributed by atoms with Gasteiger partial charge in [-0.3, -0.25) is 4.79 Å². The fourth-order valence-electron chi connectivity index (χ4n) is 3.24. The van der Waals surface area contributed by atoms with Crippen LogP contribution in [0.4, 0.5) is 11.4 Å². The number of hydrogen-bond acceptors (Lipinski definition) is 2. The minimum absolute atomic E-state index is 0.203. The number of nitrogens with zero attached hydrogens (tertiary/aromatic N) is 1. The standard InChI is InChI=1S/C20H24N2O/c1-15-9-10-18(16(2)14-15)21-12-11-20(23)22-13-5-7-17-6-3-4-8-19(17)22/h3-4,6,8-10,14,21H,5,7,11-13H2,1-2H3. The molecule has 0 fully saturated rings. The summed E-state index contributed by atoms with van der Waals surface area (Å²) in [5, 5.41) is 3.39. The molecule has 120 valence electrons. The smallest absolute Gasteiger partial charge is 0.228 e. The van der Waals surface area contributed by atoms with Crippen molar-refractivity contribution in [1.82, 2.24) is 0 Å². The molecule has 0 radical (unpaired) electrons. The van der Waals surface area contributed by atoms with Crippen LogP contribution in [-0.2, 0) is 11.2 Å². The molecule has 2 aromatic rings. The van der Waals surface area contributed by atoms with Gasteiger partial charge >= 0.3 is 0 Å². The van der Waals surface area contributed by atoms with Gasteiger partial charge in [0.05, 0.1) is 0 Å². The van der Waals surface area contributed by atoms with Crippen molar-refractivity contribution in [1.29, 1.82) is 0 Å². The molecule has 0 saturated carbocycles. The molecule has 3 rings (SSSR count). The largest absolute Gasteiger partial charge is 0.384 e. The Morgan fingerprint density at radius 2 is 2.00 bits per heavy atom. The Labute approximate surface area is 138 Å². The number of fused-ring (bicyclic) bond motifs is 1. The van der Waals surface area contributed by atoms with Gasteiger partial charge in [-0.2, -0.15) is 0 Å². The van der Waals surface area contributed by atoms with E-state index in [1.54, 1.807) is 0 Å². The third-order valence-corrected chi connectivity index (χ3v) is 4.45. The lowest BCUT2D eigenvalue weighted by molar-refractivity contribution is -0.118. The second-order valence-electron chi connectivity index (χ2n) is 6.27. The summed E-state index contributed by atoms with van der Waals surface area (Å²) in [6.07, 6.45) is 2.63. The van der Waals surface area contributed by atoms with E-state index >= 15 is 0 Å². The summed E-state index contributed by atoms with van der Waals surface area (Å²) < 4.78 is 0. The highest BCUT2D eigenvalue weighted by Crippen LogP contribution is 2.27. The van der Waals surface area contributed by atoms with Crippen molar-refractivity contribution >= 4 is 17.3 Å².